The summed E-state index contributed by atoms with van der Waals surface area (Å²) in [4.78, 5) is 25.0. The van der Waals surface area contributed by atoms with Gasteiger partial charge in [-0.3, -0.25) is 9.59 Å². The molecule has 7 atom stereocenters. The predicted octanol–water partition coefficient (Wildman–Crippen LogP) is 3.37. The number of halogens is 1. The summed E-state index contributed by atoms with van der Waals surface area (Å²) in [6.07, 6.45) is 2.30. The number of carbonyl (C=O) groups is 2. The van der Waals surface area contributed by atoms with Crippen LogP contribution in [-0.4, -0.2) is 39.2 Å². The zero-order valence-electron chi connectivity index (χ0n) is 16.5. The summed E-state index contributed by atoms with van der Waals surface area (Å²) in [5.41, 5.74) is -5.53. The van der Waals surface area contributed by atoms with Crippen molar-refractivity contribution in [3.8, 4) is 0 Å². The summed E-state index contributed by atoms with van der Waals surface area (Å²) in [7, 11) is 0. The van der Waals surface area contributed by atoms with Gasteiger partial charge >= 0.3 is 0 Å². The molecule has 0 saturated heterocycles. The standard InChI is InChI=1S/C21H33FO4/c1-5-6-10-18(3)16(24)8-7-15-14-9-11-20(26,13(2)23)19(14,4)12-17(25)21(15,18)22/h14-15,17,25-26H,5-12H2,1-4H3/t14-,15-,17-,18-,19-,20-,21-/m0/s1. The first-order chi connectivity index (χ1) is 12.0. The molecule has 0 amide bonds. The average Bonchev–Trinajstić information content (AvgIpc) is 2.84. The molecule has 26 heavy (non-hydrogen) atoms. The van der Waals surface area contributed by atoms with E-state index in [9.17, 15) is 19.8 Å². The van der Waals surface area contributed by atoms with Crippen molar-refractivity contribution >= 4 is 11.6 Å². The van der Waals surface area contributed by atoms with Gasteiger partial charge in [0.2, 0.25) is 0 Å². The molecule has 3 aliphatic rings. The fraction of sp³-hybridized carbons (Fsp3) is 0.905. The summed E-state index contributed by atoms with van der Waals surface area (Å²) in [6, 6.07) is 0. The number of carbonyl (C=O) groups excluding carboxylic acids is 2. The first-order valence-corrected chi connectivity index (χ1v) is 10.1. The van der Waals surface area contributed by atoms with E-state index in [0.29, 0.717) is 32.1 Å². The molecule has 2 N–H and O–H groups in total. The van der Waals surface area contributed by atoms with Crippen molar-refractivity contribution in [1.82, 2.24) is 0 Å². The summed E-state index contributed by atoms with van der Waals surface area (Å²) < 4.78 is 16.7. The topological polar surface area (TPSA) is 74.6 Å². The first-order valence-electron chi connectivity index (χ1n) is 10.1. The van der Waals surface area contributed by atoms with Crippen LogP contribution >= 0.6 is 0 Å². The molecule has 3 saturated carbocycles. The van der Waals surface area contributed by atoms with E-state index in [0.717, 1.165) is 12.8 Å². The fourth-order valence-electron chi connectivity index (χ4n) is 6.73. The van der Waals surface area contributed by atoms with Gasteiger partial charge in [-0.15, -0.1) is 0 Å². The molecule has 3 fully saturated rings. The Morgan fingerprint density at radius 3 is 2.50 bits per heavy atom. The van der Waals surface area contributed by atoms with Crippen molar-refractivity contribution in [3.63, 3.8) is 0 Å². The highest BCUT2D eigenvalue weighted by atomic mass is 19.1. The molecule has 0 aromatic carbocycles. The maximum absolute atomic E-state index is 16.7. The van der Waals surface area contributed by atoms with Crippen LogP contribution < -0.4 is 0 Å². The summed E-state index contributed by atoms with van der Waals surface area (Å²) in [5, 5.41) is 22.1. The van der Waals surface area contributed by atoms with Gasteiger partial charge in [0.1, 0.15) is 11.4 Å². The molecule has 0 aromatic heterocycles. The highest BCUT2D eigenvalue weighted by Crippen LogP contribution is 2.68. The second-order valence-corrected chi connectivity index (χ2v) is 9.47. The number of Topliss-reactive ketones (excluding diaryl/α,β-unsaturated/α-hetero) is 2. The molecule has 5 heteroatoms. The van der Waals surface area contributed by atoms with Gasteiger partial charge in [-0.25, -0.2) is 4.39 Å². The molecular formula is C21H33FO4. The minimum atomic E-state index is -1.98. The van der Waals surface area contributed by atoms with Crippen molar-refractivity contribution in [2.45, 2.75) is 96.4 Å². The molecule has 0 spiro atoms. The maximum atomic E-state index is 16.7. The molecular weight excluding hydrogens is 335 g/mol. The molecule has 4 nitrogen and oxygen atoms in total. The SMILES string of the molecule is CCCC[C@@]1(C)C(=O)CC[C@H]2[C@@H]3CC[C@](O)(C(C)=O)[C@@]3(C)C[C@H](O)[C@@]21F. The second-order valence-electron chi connectivity index (χ2n) is 9.47. The van der Waals surface area contributed by atoms with E-state index in [2.05, 4.69) is 0 Å². The zero-order chi connectivity index (χ0) is 19.5. The lowest BCUT2D eigenvalue weighted by molar-refractivity contribution is -0.231. The maximum Gasteiger partial charge on any atom is 0.161 e. The number of hydrogen-bond acceptors (Lipinski definition) is 4. The highest BCUT2D eigenvalue weighted by Gasteiger charge is 2.74. The third-order valence-electron chi connectivity index (χ3n) is 8.46. The fourth-order valence-corrected chi connectivity index (χ4v) is 6.73. The lowest BCUT2D eigenvalue weighted by atomic mass is 9.45. The van der Waals surface area contributed by atoms with Gasteiger partial charge in [0.25, 0.3) is 0 Å². The van der Waals surface area contributed by atoms with E-state index in [4.69, 9.17) is 0 Å². The predicted molar refractivity (Wildman–Crippen MR) is 96.3 cm³/mol. The van der Waals surface area contributed by atoms with E-state index in [-0.39, 0.29) is 23.9 Å². The minimum Gasteiger partial charge on any atom is -0.390 e. The van der Waals surface area contributed by atoms with Crippen molar-refractivity contribution in [2.75, 3.05) is 0 Å². The van der Waals surface area contributed by atoms with Crippen LogP contribution in [0.1, 0.15) is 79.1 Å². The molecule has 0 bridgehead atoms. The quantitative estimate of drug-likeness (QED) is 0.798. The smallest absolute Gasteiger partial charge is 0.161 e. The molecule has 0 heterocycles. The summed E-state index contributed by atoms with van der Waals surface area (Å²) >= 11 is 0. The number of rotatable bonds is 4. The third-order valence-corrected chi connectivity index (χ3v) is 8.46. The molecule has 3 aliphatic carbocycles. The number of fused-ring (bicyclic) bond motifs is 3. The van der Waals surface area contributed by atoms with E-state index in [1.165, 1.54) is 6.92 Å². The Morgan fingerprint density at radius 1 is 1.27 bits per heavy atom. The Balaban J connectivity index is 2.07. The highest BCUT2D eigenvalue weighted by molar-refractivity contribution is 5.88. The molecule has 0 aromatic rings. The largest absolute Gasteiger partial charge is 0.390 e. The average molecular weight is 368 g/mol. The summed E-state index contributed by atoms with van der Waals surface area (Å²) in [5.74, 6) is -1.09. The first kappa shape index (κ1) is 19.9. The van der Waals surface area contributed by atoms with Crippen LogP contribution in [0.15, 0.2) is 0 Å². The van der Waals surface area contributed by atoms with E-state index in [1.54, 1.807) is 6.92 Å². The summed E-state index contributed by atoms with van der Waals surface area (Å²) in [6.45, 7) is 6.91. The Kier molecular flexibility index (Phi) is 4.68. The van der Waals surface area contributed by atoms with Crippen molar-refractivity contribution in [1.29, 1.82) is 0 Å². The number of hydrogen-bond donors (Lipinski definition) is 2. The Bertz CT molecular complexity index is 621. The normalized spacial score (nSPS) is 51.0. The minimum absolute atomic E-state index is 0.0236. The number of alkyl halides is 1. The van der Waals surface area contributed by atoms with Crippen molar-refractivity contribution in [2.24, 2.45) is 22.7 Å². The number of unbranched alkanes of at least 4 members (excludes halogenated alkanes) is 1. The van der Waals surface area contributed by atoms with Crippen LogP contribution in [0.25, 0.3) is 0 Å². The van der Waals surface area contributed by atoms with Gasteiger partial charge in [0, 0.05) is 17.8 Å². The van der Waals surface area contributed by atoms with E-state index in [1.807, 2.05) is 13.8 Å². The van der Waals surface area contributed by atoms with Gasteiger partial charge in [-0.05, 0) is 51.9 Å². The Morgan fingerprint density at radius 2 is 1.92 bits per heavy atom. The van der Waals surface area contributed by atoms with Crippen LogP contribution in [0, 0.1) is 22.7 Å². The van der Waals surface area contributed by atoms with Gasteiger partial charge in [-0.2, -0.15) is 0 Å². The van der Waals surface area contributed by atoms with Crippen LogP contribution in [0.4, 0.5) is 4.39 Å². The second kappa shape index (κ2) is 6.10. The van der Waals surface area contributed by atoms with E-state index >= 15 is 4.39 Å². The molecule has 3 rings (SSSR count). The third kappa shape index (κ3) is 2.19. The molecule has 0 aliphatic heterocycles. The molecule has 148 valence electrons. The van der Waals surface area contributed by atoms with Gasteiger partial charge in [-0.1, -0.05) is 26.7 Å². The lowest BCUT2D eigenvalue weighted by Gasteiger charge is -2.61. The zero-order valence-corrected chi connectivity index (χ0v) is 16.5. The monoisotopic (exact) mass is 368 g/mol. The van der Waals surface area contributed by atoms with Crippen molar-refractivity contribution < 1.29 is 24.2 Å². The van der Waals surface area contributed by atoms with Gasteiger partial charge in [0.05, 0.1) is 11.5 Å². The molecule has 0 unspecified atom stereocenters. The van der Waals surface area contributed by atoms with E-state index < -0.39 is 34.1 Å². The number of aliphatic hydroxyl groups is 2. The Labute approximate surface area is 155 Å². The molecule has 0 radical (unpaired) electrons. The van der Waals surface area contributed by atoms with Crippen LogP contribution in [0.3, 0.4) is 0 Å². The lowest BCUT2D eigenvalue weighted by Crippen LogP contribution is -2.70. The number of ketones is 2. The van der Waals surface area contributed by atoms with Crippen molar-refractivity contribution in [3.05, 3.63) is 0 Å². The van der Waals surface area contributed by atoms with Gasteiger partial charge in [0.15, 0.2) is 11.5 Å². The van der Waals surface area contributed by atoms with Crippen LogP contribution in [0.5, 0.6) is 0 Å². The number of aliphatic hydroxyl groups excluding tert-OH is 1. The Hall–Kier alpha value is -0.810. The van der Waals surface area contributed by atoms with Gasteiger partial charge < -0.3 is 10.2 Å². The van der Waals surface area contributed by atoms with Crippen LogP contribution in [0.2, 0.25) is 0 Å². The van der Waals surface area contributed by atoms with Crippen LogP contribution in [-0.2, 0) is 9.59 Å².